The van der Waals surface area contributed by atoms with Gasteiger partial charge in [0.2, 0.25) is 5.78 Å². The molecule has 96 valence electrons. The smallest absolute Gasteiger partial charge is 0.215 e. The molecule has 20 heavy (non-hydrogen) atoms. The summed E-state index contributed by atoms with van der Waals surface area (Å²) in [5.74, 6) is -0.753. The van der Waals surface area contributed by atoms with Gasteiger partial charge in [0, 0.05) is 16.5 Å². The molecule has 2 N–H and O–H groups in total. The SMILES string of the molecule is [2H]c1cc([2H])c2c(c1)C(=O)C(c1[nH]c3c([2H])cc([2H])cc3c1O)=N2. The van der Waals surface area contributed by atoms with E-state index >= 15 is 0 Å². The number of carbonyl (C=O) groups excluding carboxylic acids is 1. The van der Waals surface area contributed by atoms with E-state index in [0.29, 0.717) is 5.52 Å². The third-order valence-corrected chi connectivity index (χ3v) is 3.23. The zero-order valence-electron chi connectivity index (χ0n) is 14.1. The Hall–Kier alpha value is -2.88. The Balaban J connectivity index is 1.95. The molecule has 4 rings (SSSR count). The summed E-state index contributed by atoms with van der Waals surface area (Å²) in [6, 6.07) is 5.45. The van der Waals surface area contributed by atoms with Gasteiger partial charge < -0.3 is 10.1 Å². The molecular weight excluding hydrogens is 252 g/mol. The minimum absolute atomic E-state index is 0.0252. The number of fused-ring (bicyclic) bond motifs is 2. The van der Waals surface area contributed by atoms with Crippen LogP contribution in [0.3, 0.4) is 0 Å². The van der Waals surface area contributed by atoms with Crippen LogP contribution < -0.4 is 0 Å². The lowest BCUT2D eigenvalue weighted by atomic mass is 10.1. The number of aromatic amines is 1. The summed E-state index contributed by atoms with van der Waals surface area (Å²) in [5.41, 5.74) is 0.598. The monoisotopic (exact) mass is 266 g/mol. The zero-order valence-corrected chi connectivity index (χ0v) is 10.1. The van der Waals surface area contributed by atoms with E-state index in [1.54, 1.807) is 0 Å². The second-order valence-corrected chi connectivity index (χ2v) is 4.39. The molecule has 4 heteroatoms. The van der Waals surface area contributed by atoms with E-state index < -0.39 is 5.78 Å². The number of H-pyrrole nitrogens is 1. The molecule has 0 amide bonds. The van der Waals surface area contributed by atoms with Crippen molar-refractivity contribution in [3.8, 4) is 5.75 Å². The number of aliphatic imine (C=N–C) groups is 1. The highest BCUT2D eigenvalue weighted by atomic mass is 16.3. The van der Waals surface area contributed by atoms with E-state index in [0.717, 1.165) is 0 Å². The van der Waals surface area contributed by atoms with Crippen LogP contribution in [-0.2, 0) is 0 Å². The Morgan fingerprint density at radius 3 is 2.90 bits per heavy atom. The molecule has 1 aliphatic rings. The lowest BCUT2D eigenvalue weighted by Crippen LogP contribution is -2.11. The van der Waals surface area contributed by atoms with Gasteiger partial charge in [-0.05, 0) is 24.2 Å². The second kappa shape index (κ2) is 3.81. The molecule has 0 radical (unpaired) electrons. The summed E-state index contributed by atoms with van der Waals surface area (Å²) in [7, 11) is 0. The van der Waals surface area contributed by atoms with Gasteiger partial charge in [-0.15, -0.1) is 0 Å². The molecule has 0 atom stereocenters. The van der Waals surface area contributed by atoms with E-state index in [1.807, 2.05) is 0 Å². The number of carbonyl (C=O) groups is 1. The van der Waals surface area contributed by atoms with Crippen molar-refractivity contribution in [3.05, 3.63) is 59.7 Å². The average molecular weight is 266 g/mol. The summed E-state index contributed by atoms with van der Waals surface area (Å²) >= 11 is 0. The fourth-order valence-corrected chi connectivity index (χ4v) is 2.28. The van der Waals surface area contributed by atoms with Crippen LogP contribution in [0.2, 0.25) is 0 Å². The molecule has 0 saturated heterocycles. The molecule has 1 aromatic heterocycles. The first kappa shape index (κ1) is 7.65. The van der Waals surface area contributed by atoms with Crippen molar-refractivity contribution in [2.24, 2.45) is 4.99 Å². The summed E-state index contributed by atoms with van der Waals surface area (Å²) in [6.07, 6.45) is 0. The van der Waals surface area contributed by atoms with Crippen LogP contribution in [-0.4, -0.2) is 21.6 Å². The summed E-state index contributed by atoms with van der Waals surface area (Å²) < 4.78 is 31.0. The Labute approximate surface area is 120 Å². The van der Waals surface area contributed by atoms with Crippen LogP contribution in [0, 0.1) is 0 Å². The molecule has 2 heterocycles. The fraction of sp³-hybridized carbons (Fsp3) is 0. The van der Waals surface area contributed by atoms with Gasteiger partial charge in [0.05, 0.1) is 11.2 Å². The van der Waals surface area contributed by atoms with E-state index in [9.17, 15) is 9.90 Å². The van der Waals surface area contributed by atoms with Gasteiger partial charge in [0.1, 0.15) is 11.4 Å². The standard InChI is InChI=1S/C16H10N2O2/c19-15-9-5-1-3-7-11(9)17-13(15)14-16(20)10-6-2-4-8-12(10)18-14/h1-8,17,19H/i1D,2D,7D,8D. The van der Waals surface area contributed by atoms with E-state index in [1.165, 1.54) is 24.3 Å². The van der Waals surface area contributed by atoms with Gasteiger partial charge >= 0.3 is 0 Å². The molecule has 0 spiro atoms. The Kier molecular flexibility index (Phi) is 1.45. The number of ketones is 1. The quantitative estimate of drug-likeness (QED) is 0.710. The van der Waals surface area contributed by atoms with Crippen LogP contribution in [0.25, 0.3) is 10.9 Å². The Morgan fingerprint density at radius 2 is 2.00 bits per heavy atom. The normalized spacial score (nSPS) is 16.4. The molecule has 4 nitrogen and oxygen atoms in total. The summed E-state index contributed by atoms with van der Waals surface area (Å²) in [6.45, 7) is 0. The maximum atomic E-state index is 12.6. The van der Waals surface area contributed by atoms with Crippen molar-refractivity contribution in [2.75, 3.05) is 0 Å². The van der Waals surface area contributed by atoms with Crippen LogP contribution in [0.4, 0.5) is 5.69 Å². The zero-order chi connectivity index (χ0) is 17.2. The predicted octanol–water partition coefficient (Wildman–Crippen LogP) is 3.19. The maximum Gasteiger partial charge on any atom is 0.215 e. The second-order valence-electron chi connectivity index (χ2n) is 4.39. The molecular formula is C16H10N2O2. The van der Waals surface area contributed by atoms with Crippen molar-refractivity contribution in [3.63, 3.8) is 0 Å². The lowest BCUT2D eigenvalue weighted by Gasteiger charge is -1.96. The molecule has 3 aromatic rings. The number of aromatic hydroxyl groups is 1. The number of aromatic nitrogens is 1. The predicted molar refractivity (Wildman–Crippen MR) is 76.9 cm³/mol. The number of hydrogen-bond donors (Lipinski definition) is 2. The molecule has 0 saturated carbocycles. The minimum Gasteiger partial charge on any atom is -0.505 e. The largest absolute Gasteiger partial charge is 0.505 e. The van der Waals surface area contributed by atoms with Crippen molar-refractivity contribution in [2.45, 2.75) is 0 Å². The summed E-state index contributed by atoms with van der Waals surface area (Å²) in [4.78, 5) is 19.5. The molecule has 0 bridgehead atoms. The number of benzene rings is 2. The minimum atomic E-state index is -0.493. The van der Waals surface area contributed by atoms with Crippen molar-refractivity contribution in [1.29, 1.82) is 0 Å². The first-order valence-corrected chi connectivity index (χ1v) is 5.93. The van der Waals surface area contributed by atoms with Gasteiger partial charge in [-0.2, -0.15) is 0 Å². The first-order chi connectivity index (χ1) is 11.4. The topological polar surface area (TPSA) is 65.5 Å². The highest BCUT2D eigenvalue weighted by Gasteiger charge is 2.29. The third kappa shape index (κ3) is 1.36. The van der Waals surface area contributed by atoms with Crippen LogP contribution >= 0.6 is 0 Å². The van der Waals surface area contributed by atoms with Gasteiger partial charge in [-0.1, -0.05) is 24.2 Å². The van der Waals surface area contributed by atoms with Crippen LogP contribution in [0.1, 0.15) is 21.5 Å². The van der Waals surface area contributed by atoms with Crippen molar-refractivity contribution >= 4 is 28.1 Å². The van der Waals surface area contributed by atoms with E-state index in [-0.39, 0.29) is 58.0 Å². The molecule has 1 aliphatic heterocycles. The Bertz CT molecular complexity index is 1090. The van der Waals surface area contributed by atoms with Gasteiger partial charge in [0.25, 0.3) is 0 Å². The van der Waals surface area contributed by atoms with E-state index in [2.05, 4.69) is 9.98 Å². The third-order valence-electron chi connectivity index (χ3n) is 3.23. The highest BCUT2D eigenvalue weighted by Crippen LogP contribution is 2.34. The fourth-order valence-electron chi connectivity index (χ4n) is 2.28. The maximum absolute atomic E-state index is 12.6. The van der Waals surface area contributed by atoms with Gasteiger partial charge in [-0.25, -0.2) is 4.99 Å². The lowest BCUT2D eigenvalue weighted by molar-refractivity contribution is 0.107. The highest BCUT2D eigenvalue weighted by molar-refractivity contribution is 6.55. The number of para-hydroxylation sites is 2. The molecule has 0 fully saturated rings. The summed E-state index contributed by atoms with van der Waals surface area (Å²) in [5, 5.41) is 10.7. The molecule has 2 aromatic carbocycles. The number of nitrogens with zero attached hydrogens (tertiary/aromatic N) is 1. The number of hydrogen-bond acceptors (Lipinski definition) is 3. The first-order valence-electron chi connectivity index (χ1n) is 7.93. The molecule has 0 aliphatic carbocycles. The number of nitrogens with one attached hydrogen (secondary N) is 1. The van der Waals surface area contributed by atoms with Crippen molar-refractivity contribution < 1.29 is 15.4 Å². The van der Waals surface area contributed by atoms with E-state index in [4.69, 9.17) is 5.48 Å². The van der Waals surface area contributed by atoms with Crippen molar-refractivity contribution in [1.82, 2.24) is 4.98 Å². The Morgan fingerprint density at radius 1 is 1.20 bits per heavy atom. The average Bonchev–Trinajstić information content (AvgIpc) is 2.99. The van der Waals surface area contributed by atoms with Gasteiger partial charge in [0.15, 0.2) is 5.75 Å². The molecule has 0 unspecified atom stereocenters. The number of rotatable bonds is 1. The van der Waals surface area contributed by atoms with Crippen LogP contribution in [0.5, 0.6) is 5.75 Å². The van der Waals surface area contributed by atoms with Crippen LogP contribution in [0.15, 0.2) is 53.4 Å². The number of Topliss-reactive ketones (excluding diaryl/α,β-unsaturated/α-hetero) is 1. The van der Waals surface area contributed by atoms with Gasteiger partial charge in [-0.3, -0.25) is 4.79 Å².